The molecule has 1 N–H and O–H groups in total. The highest BCUT2D eigenvalue weighted by Gasteiger charge is 2.32. The van der Waals surface area contributed by atoms with Crippen molar-refractivity contribution in [2.45, 2.75) is 60.3 Å². The monoisotopic (exact) mass is 310 g/mol. The summed E-state index contributed by atoms with van der Waals surface area (Å²) in [5.74, 6) is 0.225. The van der Waals surface area contributed by atoms with E-state index in [4.69, 9.17) is 0 Å². The van der Waals surface area contributed by atoms with Crippen molar-refractivity contribution in [1.82, 2.24) is 10.2 Å². The molecule has 4 nitrogen and oxygen atoms in total. The van der Waals surface area contributed by atoms with Crippen molar-refractivity contribution in [3.8, 4) is 0 Å². The zero-order valence-corrected chi connectivity index (χ0v) is 15.3. The molecule has 0 saturated carbocycles. The summed E-state index contributed by atoms with van der Waals surface area (Å²) in [6.45, 7) is 14.8. The van der Waals surface area contributed by atoms with E-state index in [1.165, 1.54) is 0 Å². The number of amides is 2. The summed E-state index contributed by atoms with van der Waals surface area (Å²) in [4.78, 5) is 26.3. The molecule has 0 spiro atoms. The molecule has 2 amide bonds. The van der Waals surface area contributed by atoms with E-state index in [2.05, 4.69) is 18.8 Å². The van der Waals surface area contributed by atoms with E-state index >= 15 is 0 Å². The summed E-state index contributed by atoms with van der Waals surface area (Å²) in [7, 11) is 1.86. The summed E-state index contributed by atoms with van der Waals surface area (Å²) in [5.41, 5.74) is -0.797. The Morgan fingerprint density at radius 1 is 1.14 bits per heavy atom. The summed E-state index contributed by atoms with van der Waals surface area (Å²) in [6, 6.07) is 0. The Hall–Kier alpha value is -1.32. The molecule has 0 aromatic rings. The normalized spacial score (nSPS) is 11.9. The Morgan fingerprint density at radius 2 is 1.68 bits per heavy atom. The van der Waals surface area contributed by atoms with Crippen LogP contribution in [0.2, 0.25) is 0 Å². The fourth-order valence-corrected chi connectivity index (χ4v) is 2.55. The van der Waals surface area contributed by atoms with Gasteiger partial charge < -0.3 is 10.2 Å². The minimum atomic E-state index is -0.419. The van der Waals surface area contributed by atoms with Gasteiger partial charge in [-0.1, -0.05) is 47.1 Å². The minimum absolute atomic E-state index is 0.0413. The second-order valence-corrected chi connectivity index (χ2v) is 7.35. The van der Waals surface area contributed by atoms with Gasteiger partial charge in [-0.05, 0) is 19.3 Å². The quantitative estimate of drug-likeness (QED) is 0.629. The average Bonchev–Trinajstić information content (AvgIpc) is 2.43. The number of carbonyl (C=O) groups is 2. The van der Waals surface area contributed by atoms with Crippen molar-refractivity contribution in [1.29, 1.82) is 0 Å². The lowest BCUT2D eigenvalue weighted by atomic mass is 9.80. The molecule has 0 saturated heterocycles. The van der Waals surface area contributed by atoms with Crippen LogP contribution in [0.3, 0.4) is 0 Å². The number of hydrogen-bond acceptors (Lipinski definition) is 2. The van der Waals surface area contributed by atoms with Crippen molar-refractivity contribution in [2.75, 3.05) is 20.1 Å². The van der Waals surface area contributed by atoms with E-state index in [-0.39, 0.29) is 17.2 Å². The molecule has 0 rings (SSSR count). The Bertz CT molecular complexity index is 387. The maximum absolute atomic E-state index is 12.4. The fraction of sp³-hybridized carbons (Fsp3) is 0.778. The molecule has 0 heterocycles. The molecule has 0 bridgehead atoms. The standard InChI is InChI=1S/C18H34N2O2/c1-8-13-19-15(21)17(3,4)11-10-12-18(5,6)16(22)20(7)14-9-2/h8H,1,9-14H2,2-7H3,(H,19,21). The average molecular weight is 310 g/mol. The van der Waals surface area contributed by atoms with E-state index in [1.54, 1.807) is 6.08 Å². The molecule has 0 radical (unpaired) electrons. The van der Waals surface area contributed by atoms with Crippen LogP contribution in [0, 0.1) is 10.8 Å². The Morgan fingerprint density at radius 3 is 2.18 bits per heavy atom. The largest absolute Gasteiger partial charge is 0.352 e. The Kier molecular flexibility index (Phi) is 8.43. The smallest absolute Gasteiger partial charge is 0.227 e. The van der Waals surface area contributed by atoms with E-state index in [1.807, 2.05) is 39.6 Å². The molecule has 0 aliphatic heterocycles. The van der Waals surface area contributed by atoms with Gasteiger partial charge in [-0.15, -0.1) is 6.58 Å². The zero-order chi connectivity index (χ0) is 17.4. The highest BCUT2D eigenvalue weighted by atomic mass is 16.2. The van der Waals surface area contributed by atoms with E-state index in [0.29, 0.717) is 6.54 Å². The molecular formula is C18H34N2O2. The number of hydrogen-bond donors (Lipinski definition) is 1. The van der Waals surface area contributed by atoms with Crippen LogP contribution in [-0.4, -0.2) is 36.9 Å². The van der Waals surface area contributed by atoms with Crippen LogP contribution in [-0.2, 0) is 9.59 Å². The van der Waals surface area contributed by atoms with E-state index < -0.39 is 5.41 Å². The third kappa shape index (κ3) is 6.63. The van der Waals surface area contributed by atoms with Crippen molar-refractivity contribution in [2.24, 2.45) is 10.8 Å². The van der Waals surface area contributed by atoms with E-state index in [0.717, 1.165) is 32.2 Å². The van der Waals surface area contributed by atoms with Gasteiger partial charge in [-0.25, -0.2) is 0 Å². The number of carbonyl (C=O) groups excluding carboxylic acids is 2. The van der Waals surface area contributed by atoms with Gasteiger partial charge in [0.2, 0.25) is 11.8 Å². The molecule has 0 aromatic heterocycles. The fourth-order valence-electron chi connectivity index (χ4n) is 2.55. The van der Waals surface area contributed by atoms with Gasteiger partial charge in [-0.2, -0.15) is 0 Å². The summed E-state index contributed by atoms with van der Waals surface area (Å²) in [5, 5.41) is 2.85. The minimum Gasteiger partial charge on any atom is -0.352 e. The molecule has 0 unspecified atom stereocenters. The maximum atomic E-state index is 12.4. The second kappa shape index (κ2) is 8.96. The first-order valence-electron chi connectivity index (χ1n) is 8.23. The van der Waals surface area contributed by atoms with Crippen LogP contribution in [0.25, 0.3) is 0 Å². The van der Waals surface area contributed by atoms with Crippen LogP contribution in [0.1, 0.15) is 60.3 Å². The van der Waals surface area contributed by atoms with Gasteiger partial charge in [-0.3, -0.25) is 9.59 Å². The molecule has 4 heteroatoms. The van der Waals surface area contributed by atoms with Gasteiger partial charge >= 0.3 is 0 Å². The first-order valence-corrected chi connectivity index (χ1v) is 8.23. The topological polar surface area (TPSA) is 49.4 Å². The lowest BCUT2D eigenvalue weighted by Crippen LogP contribution is -2.40. The van der Waals surface area contributed by atoms with Crippen LogP contribution in [0.4, 0.5) is 0 Å². The van der Waals surface area contributed by atoms with Crippen LogP contribution in [0.15, 0.2) is 12.7 Å². The SMILES string of the molecule is C=CCNC(=O)C(C)(C)CCCC(C)(C)C(=O)N(C)CCC. The Balaban J connectivity index is 4.45. The highest BCUT2D eigenvalue weighted by Crippen LogP contribution is 2.30. The van der Waals surface area contributed by atoms with Crippen molar-refractivity contribution in [3.63, 3.8) is 0 Å². The van der Waals surface area contributed by atoms with Gasteiger partial charge in [0.25, 0.3) is 0 Å². The second-order valence-electron chi connectivity index (χ2n) is 7.35. The van der Waals surface area contributed by atoms with Gasteiger partial charge in [0.15, 0.2) is 0 Å². The summed E-state index contributed by atoms with van der Waals surface area (Å²) >= 11 is 0. The van der Waals surface area contributed by atoms with E-state index in [9.17, 15) is 9.59 Å². The Labute approximate surface area is 136 Å². The van der Waals surface area contributed by atoms with Crippen LogP contribution in [0.5, 0.6) is 0 Å². The first-order chi connectivity index (χ1) is 10.1. The van der Waals surface area contributed by atoms with Crippen LogP contribution < -0.4 is 5.32 Å². The number of nitrogens with zero attached hydrogens (tertiary/aromatic N) is 1. The molecule has 0 aliphatic carbocycles. The lowest BCUT2D eigenvalue weighted by Gasteiger charge is -2.30. The third-order valence-corrected chi connectivity index (χ3v) is 4.11. The van der Waals surface area contributed by atoms with Gasteiger partial charge in [0.05, 0.1) is 0 Å². The molecular weight excluding hydrogens is 276 g/mol. The molecule has 128 valence electrons. The molecule has 22 heavy (non-hydrogen) atoms. The van der Waals surface area contributed by atoms with Crippen molar-refractivity contribution in [3.05, 3.63) is 12.7 Å². The molecule has 0 aromatic carbocycles. The first kappa shape index (κ1) is 20.7. The maximum Gasteiger partial charge on any atom is 0.227 e. The van der Waals surface area contributed by atoms with Crippen LogP contribution >= 0.6 is 0 Å². The summed E-state index contributed by atoms with van der Waals surface area (Å²) < 4.78 is 0. The highest BCUT2D eigenvalue weighted by molar-refractivity contribution is 5.82. The van der Waals surface area contributed by atoms with Gasteiger partial charge in [0.1, 0.15) is 0 Å². The molecule has 0 fully saturated rings. The van der Waals surface area contributed by atoms with Crippen molar-refractivity contribution >= 4 is 11.8 Å². The number of rotatable bonds is 10. The third-order valence-electron chi connectivity index (χ3n) is 4.11. The predicted octanol–water partition coefficient (Wildman–Crippen LogP) is 3.38. The predicted molar refractivity (Wildman–Crippen MR) is 92.5 cm³/mol. The lowest BCUT2D eigenvalue weighted by molar-refractivity contribution is -0.139. The van der Waals surface area contributed by atoms with Crippen molar-refractivity contribution < 1.29 is 9.59 Å². The summed E-state index contributed by atoms with van der Waals surface area (Å²) in [6.07, 6.45) is 5.06. The number of nitrogens with one attached hydrogen (secondary N) is 1. The molecule has 0 atom stereocenters. The van der Waals surface area contributed by atoms with Gasteiger partial charge in [0, 0.05) is 31.0 Å². The molecule has 0 aliphatic rings. The zero-order valence-electron chi connectivity index (χ0n) is 15.3.